The van der Waals surface area contributed by atoms with Gasteiger partial charge in [0.05, 0.1) is 0 Å². The van der Waals surface area contributed by atoms with Gasteiger partial charge in [-0.25, -0.2) is 0 Å². The van der Waals surface area contributed by atoms with Gasteiger partial charge in [-0.2, -0.15) is 36.4 Å². The van der Waals surface area contributed by atoms with Crippen LogP contribution in [0.3, 0.4) is 0 Å². The summed E-state index contributed by atoms with van der Waals surface area (Å²) in [7, 11) is 4.61. The van der Waals surface area contributed by atoms with E-state index in [0.29, 0.717) is 0 Å². The van der Waals surface area contributed by atoms with Gasteiger partial charge < -0.3 is 0 Å². The normalized spacial score (nSPS) is 6.88. The van der Waals surface area contributed by atoms with Gasteiger partial charge in [0.15, 0.2) is 0 Å². The van der Waals surface area contributed by atoms with Crippen LogP contribution in [0.4, 0.5) is 0 Å². The van der Waals surface area contributed by atoms with E-state index in [-0.39, 0.29) is 0 Å². The van der Waals surface area contributed by atoms with Crippen LogP contribution < -0.4 is 0 Å². The van der Waals surface area contributed by atoms with Gasteiger partial charge in [-0.15, -0.1) is 0 Å². The van der Waals surface area contributed by atoms with Crippen molar-refractivity contribution in [3.8, 4) is 0 Å². The summed E-state index contributed by atoms with van der Waals surface area (Å²) in [5.41, 5.74) is 0. The fourth-order valence-corrected chi connectivity index (χ4v) is 0.342. The van der Waals surface area contributed by atoms with Crippen LogP contribution in [-0.2, 0) is 18.8 Å². The molecular weight excluding hydrogens is 303 g/mol. The zero-order valence-corrected chi connectivity index (χ0v) is 7.11. The number of hydrogen-bond acceptors (Lipinski definition) is 0. The Hall–Kier alpha value is 0.198. The van der Waals surface area contributed by atoms with Crippen molar-refractivity contribution in [1.29, 1.82) is 0 Å². The second-order valence-corrected chi connectivity index (χ2v) is 1.08. The van der Waals surface area contributed by atoms with Crippen molar-refractivity contribution in [3.05, 3.63) is 36.4 Å². The van der Waals surface area contributed by atoms with Gasteiger partial charge in [-0.05, 0) is 0 Å². The average molecular weight is 308 g/mol. The molecule has 0 aliphatic carbocycles. The third kappa shape index (κ3) is 4.36. The first-order valence-electron chi connectivity index (χ1n) is 2.03. The summed E-state index contributed by atoms with van der Waals surface area (Å²) in [4.78, 5) is 0. The zero-order chi connectivity index (χ0) is 6.24. The minimum Gasteiger partial charge on any atom is -0.184 e. The molecule has 0 aromatic heterocycles. The molecule has 0 N–H and O–H groups in total. The fraction of sp³-hybridized carbons (Fsp3) is 0. The molecule has 1 aromatic carbocycles. The molecule has 0 saturated carbocycles. The quantitative estimate of drug-likeness (QED) is 0.645. The topological polar surface area (TPSA) is 0 Å². The summed E-state index contributed by atoms with van der Waals surface area (Å²) in [6.07, 6.45) is 0. The second kappa shape index (κ2) is 7.20. The summed E-state index contributed by atoms with van der Waals surface area (Å²) in [6.45, 7) is 0. The van der Waals surface area contributed by atoms with Crippen molar-refractivity contribution in [3.63, 3.8) is 0 Å². The largest absolute Gasteiger partial charge is 0.184 e. The summed E-state index contributed by atoms with van der Waals surface area (Å²) in [5, 5.41) is 0. The van der Waals surface area contributed by atoms with Crippen molar-refractivity contribution in [1.82, 2.24) is 0 Å². The molecule has 0 fully saturated rings. The molecular formula is C6H5ClPt. The minimum absolute atomic E-state index is 1.61. The van der Waals surface area contributed by atoms with Crippen LogP contribution in [0.1, 0.15) is 0 Å². The third-order valence-electron chi connectivity index (χ3n) is 0.607. The van der Waals surface area contributed by atoms with Crippen LogP contribution in [0.25, 0.3) is 0 Å². The van der Waals surface area contributed by atoms with Gasteiger partial charge in [-0.3, -0.25) is 0 Å². The van der Waals surface area contributed by atoms with E-state index >= 15 is 0 Å². The Kier molecular flexibility index (Phi) is 7.38. The van der Waals surface area contributed by atoms with Crippen LogP contribution in [0.15, 0.2) is 30.3 Å². The number of rotatable bonds is 0. The van der Waals surface area contributed by atoms with Crippen molar-refractivity contribution < 1.29 is 18.8 Å². The average Bonchev–Trinajstić information content (AvgIpc) is 1.96. The van der Waals surface area contributed by atoms with E-state index in [1.165, 1.54) is 0 Å². The molecule has 0 aliphatic rings. The summed E-state index contributed by atoms with van der Waals surface area (Å²) in [6, 6.07) is 12.5. The summed E-state index contributed by atoms with van der Waals surface area (Å²) < 4.78 is 0. The van der Waals surface area contributed by atoms with Crippen molar-refractivity contribution in [2.45, 2.75) is 0 Å². The molecule has 46 valence electrons. The first-order chi connectivity index (χ1) is 4.00. The van der Waals surface area contributed by atoms with Crippen LogP contribution in [0.5, 0.6) is 0 Å². The standard InChI is InChI=1S/C6H5.ClH.Pt/c1-2-4-6-5-3-1;;/h1-5H;1H;/q-1;;+2/p-1. The first kappa shape index (κ1) is 8.20. The van der Waals surface area contributed by atoms with E-state index < -0.39 is 0 Å². The SMILES string of the molecule is [Cl][Pt+].[c-]1ccccc1. The summed E-state index contributed by atoms with van der Waals surface area (Å²) in [5.74, 6) is 0. The molecule has 8 heavy (non-hydrogen) atoms. The molecule has 0 aliphatic heterocycles. The molecule has 0 spiro atoms. The Morgan fingerprint density at radius 1 is 1.00 bits per heavy atom. The Morgan fingerprint density at radius 3 is 1.62 bits per heavy atom. The molecule has 0 nitrogen and oxygen atoms in total. The maximum absolute atomic E-state index is 4.61. The number of benzene rings is 1. The monoisotopic (exact) mass is 307 g/mol. The molecule has 2 heteroatoms. The van der Waals surface area contributed by atoms with Crippen LogP contribution in [0, 0.1) is 6.07 Å². The van der Waals surface area contributed by atoms with Gasteiger partial charge in [0.2, 0.25) is 0 Å². The van der Waals surface area contributed by atoms with E-state index in [4.69, 9.17) is 0 Å². The van der Waals surface area contributed by atoms with Crippen molar-refractivity contribution in [2.24, 2.45) is 0 Å². The molecule has 1 aromatic rings. The van der Waals surface area contributed by atoms with E-state index in [1.54, 1.807) is 18.8 Å². The van der Waals surface area contributed by atoms with Crippen LogP contribution in [-0.4, -0.2) is 0 Å². The second-order valence-electron chi connectivity index (χ2n) is 1.08. The van der Waals surface area contributed by atoms with E-state index in [0.717, 1.165) is 0 Å². The van der Waals surface area contributed by atoms with Gasteiger partial charge in [0, 0.05) is 0 Å². The number of halogens is 1. The molecule has 1 rings (SSSR count). The number of hydrogen-bond donors (Lipinski definition) is 0. The van der Waals surface area contributed by atoms with Crippen molar-refractivity contribution in [2.75, 3.05) is 0 Å². The van der Waals surface area contributed by atoms with Gasteiger partial charge in [0.25, 0.3) is 0 Å². The van der Waals surface area contributed by atoms with E-state index in [1.807, 2.05) is 30.3 Å². The third-order valence-corrected chi connectivity index (χ3v) is 0.607. The Balaban J connectivity index is 0.000000222. The summed E-state index contributed by atoms with van der Waals surface area (Å²) >= 11 is 1.61. The molecule has 0 radical (unpaired) electrons. The molecule has 0 saturated heterocycles. The fourth-order valence-electron chi connectivity index (χ4n) is 0.342. The molecule has 0 heterocycles. The van der Waals surface area contributed by atoms with E-state index in [9.17, 15) is 0 Å². The first-order valence-corrected chi connectivity index (χ1v) is 4.85. The van der Waals surface area contributed by atoms with Gasteiger partial charge >= 0.3 is 28.2 Å². The maximum atomic E-state index is 4.61. The Bertz CT molecular complexity index is 80.5. The van der Waals surface area contributed by atoms with Crippen molar-refractivity contribution >= 4 is 9.42 Å². The Morgan fingerprint density at radius 2 is 1.50 bits per heavy atom. The van der Waals surface area contributed by atoms with Gasteiger partial charge in [-0.1, -0.05) is 0 Å². The van der Waals surface area contributed by atoms with Crippen LogP contribution >= 0.6 is 9.42 Å². The predicted octanol–water partition coefficient (Wildman–Crippen LogP) is 2.17. The molecule has 0 amide bonds. The minimum atomic E-state index is 1.61. The van der Waals surface area contributed by atoms with Crippen LogP contribution in [0.2, 0.25) is 0 Å². The smallest absolute Gasteiger partial charge is 0.171 e. The van der Waals surface area contributed by atoms with Gasteiger partial charge in [0.1, 0.15) is 0 Å². The molecule has 0 unspecified atom stereocenters. The molecule has 0 atom stereocenters. The zero-order valence-electron chi connectivity index (χ0n) is 4.08. The Labute approximate surface area is 64.7 Å². The van der Waals surface area contributed by atoms with E-state index in [2.05, 4.69) is 15.5 Å². The maximum Gasteiger partial charge on any atom is -0.171 e. The molecule has 0 bridgehead atoms. The predicted molar refractivity (Wildman–Crippen MR) is 31.1 cm³/mol.